The second-order valence-corrected chi connectivity index (χ2v) is 4.45. The summed E-state index contributed by atoms with van der Waals surface area (Å²) >= 11 is 0. The number of nitrogens with one attached hydrogen (secondary N) is 1. The first kappa shape index (κ1) is 13.5. The van der Waals surface area contributed by atoms with E-state index < -0.39 is 0 Å². The summed E-state index contributed by atoms with van der Waals surface area (Å²) in [5.74, 6) is 0. The Morgan fingerprint density at radius 1 is 1.38 bits per heavy atom. The van der Waals surface area contributed by atoms with E-state index in [1.165, 1.54) is 11.1 Å². The molecule has 1 atom stereocenters. The summed E-state index contributed by atoms with van der Waals surface area (Å²) in [4.78, 5) is 2.55. The predicted octanol–water partition coefficient (Wildman–Crippen LogP) is 2.21. The first-order chi connectivity index (χ1) is 7.27. The highest BCUT2D eigenvalue weighted by Crippen LogP contribution is 2.13. The van der Waals surface area contributed by atoms with Crippen LogP contribution in [-0.2, 0) is 6.54 Å². The van der Waals surface area contributed by atoms with E-state index >= 15 is 0 Å². The number of hydrogen-bond acceptors (Lipinski definition) is 2. The molecule has 0 aromatic heterocycles. The standard InChI is InChI=1S/C13H20N2.ClH/c1-11-5-3-4-6-13(11)10-15-8-7-14-9-12(15)2;/h3-6,12,14H,7-10H2,1-2H3;1H. The Morgan fingerprint density at radius 2 is 2.12 bits per heavy atom. The molecule has 0 aliphatic carbocycles. The zero-order valence-electron chi connectivity index (χ0n) is 10.1. The third-order valence-corrected chi connectivity index (χ3v) is 3.27. The van der Waals surface area contributed by atoms with Crippen molar-refractivity contribution in [2.45, 2.75) is 26.4 Å². The van der Waals surface area contributed by atoms with Crippen molar-refractivity contribution < 1.29 is 0 Å². The number of aryl methyl sites for hydroxylation is 1. The molecule has 3 heteroatoms. The van der Waals surface area contributed by atoms with Crippen LogP contribution in [-0.4, -0.2) is 30.6 Å². The maximum atomic E-state index is 3.42. The highest BCUT2D eigenvalue weighted by molar-refractivity contribution is 5.85. The summed E-state index contributed by atoms with van der Waals surface area (Å²) in [6.45, 7) is 8.99. The van der Waals surface area contributed by atoms with Gasteiger partial charge in [-0.1, -0.05) is 24.3 Å². The van der Waals surface area contributed by atoms with Crippen molar-refractivity contribution in [2.24, 2.45) is 0 Å². The normalized spacial score (nSPS) is 21.5. The largest absolute Gasteiger partial charge is 0.314 e. The van der Waals surface area contributed by atoms with Crippen molar-refractivity contribution in [3.05, 3.63) is 35.4 Å². The van der Waals surface area contributed by atoms with Crippen LogP contribution in [0.15, 0.2) is 24.3 Å². The monoisotopic (exact) mass is 240 g/mol. The topological polar surface area (TPSA) is 15.3 Å². The molecule has 1 aromatic carbocycles. The molecule has 1 saturated heterocycles. The van der Waals surface area contributed by atoms with Crippen LogP contribution in [0.4, 0.5) is 0 Å². The van der Waals surface area contributed by atoms with E-state index in [2.05, 4.69) is 48.3 Å². The molecule has 1 N–H and O–H groups in total. The van der Waals surface area contributed by atoms with E-state index in [9.17, 15) is 0 Å². The lowest BCUT2D eigenvalue weighted by molar-refractivity contribution is 0.165. The van der Waals surface area contributed by atoms with Gasteiger partial charge in [-0.3, -0.25) is 4.90 Å². The fourth-order valence-electron chi connectivity index (χ4n) is 2.12. The van der Waals surface area contributed by atoms with Gasteiger partial charge >= 0.3 is 0 Å². The van der Waals surface area contributed by atoms with Gasteiger partial charge in [-0.25, -0.2) is 0 Å². The number of hydrogen-bond donors (Lipinski definition) is 1. The summed E-state index contributed by atoms with van der Waals surface area (Å²) in [5.41, 5.74) is 2.87. The quantitative estimate of drug-likeness (QED) is 0.853. The predicted molar refractivity (Wildman–Crippen MR) is 71.2 cm³/mol. The van der Waals surface area contributed by atoms with E-state index in [-0.39, 0.29) is 12.4 Å². The molecule has 0 saturated carbocycles. The third-order valence-electron chi connectivity index (χ3n) is 3.27. The Hall–Kier alpha value is -0.570. The number of halogens is 1. The van der Waals surface area contributed by atoms with Crippen LogP contribution in [0.2, 0.25) is 0 Å². The number of piperazine rings is 1. The van der Waals surface area contributed by atoms with Gasteiger partial charge in [-0.2, -0.15) is 0 Å². The minimum absolute atomic E-state index is 0. The Kier molecular flexibility index (Phi) is 5.26. The summed E-state index contributed by atoms with van der Waals surface area (Å²) in [6, 6.07) is 9.33. The molecule has 1 fully saturated rings. The summed E-state index contributed by atoms with van der Waals surface area (Å²) in [6.07, 6.45) is 0. The van der Waals surface area contributed by atoms with Crippen molar-refractivity contribution in [3.63, 3.8) is 0 Å². The average molecular weight is 241 g/mol. The Bertz CT molecular complexity index is 327. The number of rotatable bonds is 2. The lowest BCUT2D eigenvalue weighted by Gasteiger charge is -2.34. The lowest BCUT2D eigenvalue weighted by Crippen LogP contribution is -2.49. The van der Waals surface area contributed by atoms with Crippen LogP contribution >= 0.6 is 12.4 Å². The van der Waals surface area contributed by atoms with Gasteiger partial charge in [0.25, 0.3) is 0 Å². The van der Waals surface area contributed by atoms with E-state index in [1.54, 1.807) is 0 Å². The van der Waals surface area contributed by atoms with Crippen molar-refractivity contribution in [1.29, 1.82) is 0 Å². The van der Waals surface area contributed by atoms with Gasteiger partial charge in [0.15, 0.2) is 0 Å². The minimum atomic E-state index is 0. The van der Waals surface area contributed by atoms with Gasteiger partial charge in [0.1, 0.15) is 0 Å². The first-order valence-electron chi connectivity index (χ1n) is 5.76. The lowest BCUT2D eigenvalue weighted by atomic mass is 10.1. The Morgan fingerprint density at radius 3 is 2.81 bits per heavy atom. The highest BCUT2D eigenvalue weighted by atomic mass is 35.5. The molecular formula is C13H21ClN2. The molecule has 2 rings (SSSR count). The Balaban J connectivity index is 0.00000128. The summed E-state index contributed by atoms with van der Waals surface area (Å²) in [7, 11) is 0. The second kappa shape index (κ2) is 6.24. The summed E-state index contributed by atoms with van der Waals surface area (Å²) in [5, 5.41) is 3.42. The zero-order chi connectivity index (χ0) is 10.7. The maximum absolute atomic E-state index is 3.42. The molecule has 1 aliphatic heterocycles. The van der Waals surface area contributed by atoms with Gasteiger partial charge in [0, 0.05) is 32.2 Å². The van der Waals surface area contributed by atoms with E-state index in [0.717, 1.165) is 26.2 Å². The van der Waals surface area contributed by atoms with Crippen LogP contribution in [0.5, 0.6) is 0 Å². The van der Waals surface area contributed by atoms with Crippen molar-refractivity contribution in [3.8, 4) is 0 Å². The van der Waals surface area contributed by atoms with Gasteiger partial charge in [0.05, 0.1) is 0 Å². The molecule has 1 aromatic rings. The number of benzene rings is 1. The SMILES string of the molecule is Cc1ccccc1CN1CCNCC1C.Cl. The van der Waals surface area contributed by atoms with E-state index in [0.29, 0.717) is 6.04 Å². The summed E-state index contributed by atoms with van der Waals surface area (Å²) < 4.78 is 0. The van der Waals surface area contributed by atoms with Crippen LogP contribution in [0.25, 0.3) is 0 Å². The molecule has 16 heavy (non-hydrogen) atoms. The van der Waals surface area contributed by atoms with Gasteiger partial charge in [-0.15, -0.1) is 12.4 Å². The van der Waals surface area contributed by atoms with E-state index in [1.807, 2.05) is 0 Å². The highest BCUT2D eigenvalue weighted by Gasteiger charge is 2.17. The first-order valence-corrected chi connectivity index (χ1v) is 5.76. The number of nitrogens with zero attached hydrogens (tertiary/aromatic N) is 1. The molecule has 2 nitrogen and oxygen atoms in total. The van der Waals surface area contributed by atoms with Crippen LogP contribution in [0.1, 0.15) is 18.1 Å². The maximum Gasteiger partial charge on any atom is 0.0240 e. The molecular weight excluding hydrogens is 220 g/mol. The van der Waals surface area contributed by atoms with Crippen molar-refractivity contribution in [1.82, 2.24) is 10.2 Å². The Labute approximate surface area is 104 Å². The van der Waals surface area contributed by atoms with Crippen LogP contribution in [0, 0.1) is 6.92 Å². The van der Waals surface area contributed by atoms with E-state index in [4.69, 9.17) is 0 Å². The molecule has 0 bridgehead atoms. The zero-order valence-corrected chi connectivity index (χ0v) is 10.9. The average Bonchev–Trinajstić information content (AvgIpc) is 2.24. The molecule has 0 radical (unpaired) electrons. The fraction of sp³-hybridized carbons (Fsp3) is 0.538. The third kappa shape index (κ3) is 3.21. The van der Waals surface area contributed by atoms with Gasteiger partial charge in [-0.05, 0) is 25.0 Å². The molecule has 1 unspecified atom stereocenters. The molecule has 1 aliphatic rings. The smallest absolute Gasteiger partial charge is 0.0240 e. The van der Waals surface area contributed by atoms with Crippen molar-refractivity contribution in [2.75, 3.05) is 19.6 Å². The van der Waals surface area contributed by atoms with Gasteiger partial charge in [0.2, 0.25) is 0 Å². The molecule has 0 amide bonds. The molecule has 90 valence electrons. The van der Waals surface area contributed by atoms with Crippen molar-refractivity contribution >= 4 is 12.4 Å². The molecule has 1 heterocycles. The van der Waals surface area contributed by atoms with Crippen LogP contribution < -0.4 is 5.32 Å². The fourth-order valence-corrected chi connectivity index (χ4v) is 2.12. The molecule has 0 spiro atoms. The van der Waals surface area contributed by atoms with Gasteiger partial charge < -0.3 is 5.32 Å². The minimum Gasteiger partial charge on any atom is -0.314 e. The van der Waals surface area contributed by atoms with Crippen LogP contribution in [0.3, 0.4) is 0 Å². The second-order valence-electron chi connectivity index (χ2n) is 4.45.